The summed E-state index contributed by atoms with van der Waals surface area (Å²) >= 11 is 0. The van der Waals surface area contributed by atoms with Crippen LogP contribution in [0.3, 0.4) is 0 Å². The van der Waals surface area contributed by atoms with E-state index >= 15 is 0 Å². The third kappa shape index (κ3) is 8.10. The van der Waals surface area contributed by atoms with Crippen molar-refractivity contribution in [2.45, 2.75) is 25.7 Å². The second-order valence-corrected chi connectivity index (χ2v) is 7.09. The van der Waals surface area contributed by atoms with Crippen LogP contribution in [0.25, 0.3) is 0 Å². The largest absolute Gasteiger partial charge is 0.435 e. The van der Waals surface area contributed by atoms with Gasteiger partial charge in [-0.25, -0.2) is 4.39 Å². The summed E-state index contributed by atoms with van der Waals surface area (Å²) in [5.41, 5.74) is 1.50. The molecule has 0 saturated heterocycles. The van der Waals surface area contributed by atoms with Gasteiger partial charge in [0.2, 0.25) is 0 Å². The van der Waals surface area contributed by atoms with E-state index in [1.165, 1.54) is 36.4 Å². The second-order valence-electron chi connectivity index (χ2n) is 7.09. The number of benzene rings is 2. The molecule has 2 aromatic rings. The summed E-state index contributed by atoms with van der Waals surface area (Å²) in [4.78, 5) is 6.59. The smallest absolute Gasteiger partial charge is 0.387 e. The Hall–Kier alpha value is -2.78. The first-order valence-corrected chi connectivity index (χ1v) is 9.97. The lowest BCUT2D eigenvalue weighted by molar-refractivity contribution is -0.0498. The fraction of sp³-hybridized carbons (Fsp3) is 0.409. The molecule has 2 atom stereocenters. The highest BCUT2D eigenvalue weighted by Gasteiger charge is 2.15. The van der Waals surface area contributed by atoms with Gasteiger partial charge in [-0.15, -0.1) is 0 Å². The predicted molar refractivity (Wildman–Crippen MR) is 115 cm³/mol. The number of ether oxygens (including phenoxy) is 1. The van der Waals surface area contributed by atoms with Gasteiger partial charge in [0.1, 0.15) is 11.6 Å². The number of nitrogens with one attached hydrogen (secondary N) is 2. The SMILES string of the molecule is CCNC(=NCC(c1ccc(F)cc1)N(C)C)NCC(O)c1ccc(OC(F)F)cc1. The normalized spacial score (nSPS) is 13.9. The lowest BCUT2D eigenvalue weighted by Crippen LogP contribution is -2.40. The zero-order chi connectivity index (χ0) is 22.8. The molecule has 0 bridgehead atoms. The molecule has 3 N–H and O–H groups in total. The topological polar surface area (TPSA) is 69.1 Å². The Morgan fingerprint density at radius 2 is 1.65 bits per heavy atom. The molecule has 9 heteroatoms. The maximum atomic E-state index is 13.2. The van der Waals surface area contributed by atoms with E-state index < -0.39 is 12.7 Å². The van der Waals surface area contributed by atoms with Crippen LogP contribution < -0.4 is 15.4 Å². The number of halogens is 3. The molecule has 0 aliphatic rings. The molecule has 2 rings (SSSR count). The number of hydrogen-bond donors (Lipinski definition) is 3. The standard InChI is InChI=1S/C22H29F3N4O2/c1-4-26-22(27-13-19(29(2)3)15-5-9-17(23)10-6-15)28-14-20(30)16-7-11-18(12-8-16)31-21(24)25/h5-12,19-21,30H,4,13-14H2,1-3H3,(H2,26,27,28). The highest BCUT2D eigenvalue weighted by Crippen LogP contribution is 2.20. The minimum atomic E-state index is -2.89. The van der Waals surface area contributed by atoms with Gasteiger partial charge >= 0.3 is 6.61 Å². The van der Waals surface area contributed by atoms with E-state index in [9.17, 15) is 18.3 Å². The molecule has 0 fully saturated rings. The van der Waals surface area contributed by atoms with E-state index in [4.69, 9.17) is 0 Å². The molecular weight excluding hydrogens is 409 g/mol. The van der Waals surface area contributed by atoms with Crippen LogP contribution in [0, 0.1) is 5.82 Å². The van der Waals surface area contributed by atoms with Crippen LogP contribution in [0.1, 0.15) is 30.2 Å². The van der Waals surface area contributed by atoms with E-state index in [0.29, 0.717) is 24.6 Å². The maximum Gasteiger partial charge on any atom is 0.387 e. The summed E-state index contributed by atoms with van der Waals surface area (Å²) in [7, 11) is 3.85. The van der Waals surface area contributed by atoms with E-state index in [1.54, 1.807) is 12.1 Å². The molecule has 2 unspecified atom stereocenters. The number of nitrogens with zero attached hydrogens (tertiary/aromatic N) is 2. The summed E-state index contributed by atoms with van der Waals surface area (Å²) < 4.78 is 42.0. The maximum absolute atomic E-state index is 13.2. The minimum Gasteiger partial charge on any atom is -0.435 e. The summed E-state index contributed by atoms with van der Waals surface area (Å²) in [6, 6.07) is 12.1. The van der Waals surface area contributed by atoms with Crippen molar-refractivity contribution in [3.63, 3.8) is 0 Å². The van der Waals surface area contributed by atoms with Crippen molar-refractivity contribution in [1.29, 1.82) is 0 Å². The summed E-state index contributed by atoms with van der Waals surface area (Å²) in [6.45, 7) is 0.259. The lowest BCUT2D eigenvalue weighted by atomic mass is 10.1. The van der Waals surface area contributed by atoms with E-state index in [1.807, 2.05) is 25.9 Å². The zero-order valence-electron chi connectivity index (χ0n) is 17.9. The number of aliphatic hydroxyl groups is 1. The number of aliphatic hydroxyl groups excluding tert-OH is 1. The van der Waals surface area contributed by atoms with Gasteiger partial charge in [-0.1, -0.05) is 24.3 Å². The van der Waals surface area contributed by atoms with Gasteiger partial charge in [-0.3, -0.25) is 4.99 Å². The Kier molecular flexibility index (Phi) is 9.61. The first-order chi connectivity index (χ1) is 14.8. The Bertz CT molecular complexity index is 815. The van der Waals surface area contributed by atoms with Gasteiger partial charge in [-0.05, 0) is 56.4 Å². The molecular formula is C22H29F3N4O2. The van der Waals surface area contributed by atoms with Gasteiger partial charge in [-0.2, -0.15) is 8.78 Å². The first-order valence-electron chi connectivity index (χ1n) is 9.97. The third-order valence-electron chi connectivity index (χ3n) is 4.60. The molecule has 170 valence electrons. The van der Waals surface area contributed by atoms with Crippen LogP contribution in [-0.2, 0) is 0 Å². The predicted octanol–water partition coefficient (Wildman–Crippen LogP) is 3.32. The van der Waals surface area contributed by atoms with Crippen LogP contribution in [-0.4, -0.2) is 56.3 Å². The number of alkyl halides is 2. The van der Waals surface area contributed by atoms with Crippen molar-refractivity contribution in [2.75, 3.05) is 33.7 Å². The van der Waals surface area contributed by atoms with Gasteiger partial charge < -0.3 is 25.4 Å². The van der Waals surface area contributed by atoms with Gasteiger partial charge in [0, 0.05) is 13.1 Å². The monoisotopic (exact) mass is 438 g/mol. The number of likely N-dealkylation sites (N-methyl/N-ethyl adjacent to an activating group) is 1. The molecule has 0 aliphatic carbocycles. The Balaban J connectivity index is 2.00. The molecule has 6 nitrogen and oxygen atoms in total. The lowest BCUT2D eigenvalue weighted by Gasteiger charge is -2.24. The van der Waals surface area contributed by atoms with Crippen LogP contribution in [0.4, 0.5) is 13.2 Å². The zero-order valence-corrected chi connectivity index (χ0v) is 17.9. The Labute approximate surface area is 180 Å². The summed E-state index contributed by atoms with van der Waals surface area (Å²) in [5, 5.41) is 16.6. The fourth-order valence-corrected chi connectivity index (χ4v) is 2.95. The molecule has 0 amide bonds. The molecule has 0 heterocycles. The summed E-state index contributed by atoms with van der Waals surface area (Å²) in [5.74, 6) is 0.264. The van der Waals surface area contributed by atoms with Crippen molar-refractivity contribution in [3.05, 3.63) is 65.5 Å². The number of aliphatic imine (C=N–C) groups is 1. The van der Waals surface area contributed by atoms with Gasteiger partial charge in [0.25, 0.3) is 0 Å². The molecule has 31 heavy (non-hydrogen) atoms. The molecule has 0 aromatic heterocycles. The van der Waals surface area contributed by atoms with Crippen molar-refractivity contribution in [3.8, 4) is 5.75 Å². The van der Waals surface area contributed by atoms with E-state index in [-0.39, 0.29) is 24.2 Å². The van der Waals surface area contributed by atoms with Crippen molar-refractivity contribution < 1.29 is 23.0 Å². The van der Waals surface area contributed by atoms with Crippen molar-refractivity contribution in [1.82, 2.24) is 15.5 Å². The molecule has 0 aliphatic heterocycles. The number of guanidine groups is 1. The van der Waals surface area contributed by atoms with Gasteiger partial charge in [0.15, 0.2) is 5.96 Å². The number of rotatable bonds is 10. The molecule has 2 aromatic carbocycles. The van der Waals surface area contributed by atoms with Crippen LogP contribution >= 0.6 is 0 Å². The third-order valence-corrected chi connectivity index (χ3v) is 4.60. The Morgan fingerprint density at radius 1 is 1.03 bits per heavy atom. The molecule has 0 saturated carbocycles. The quantitative estimate of drug-likeness (QED) is 0.392. The molecule has 0 spiro atoms. The molecule has 0 radical (unpaired) electrons. The van der Waals surface area contributed by atoms with Crippen molar-refractivity contribution in [2.24, 2.45) is 4.99 Å². The van der Waals surface area contributed by atoms with Crippen LogP contribution in [0.15, 0.2) is 53.5 Å². The Morgan fingerprint density at radius 3 is 2.19 bits per heavy atom. The van der Waals surface area contributed by atoms with E-state index in [0.717, 1.165) is 5.56 Å². The first kappa shape index (κ1) is 24.5. The summed E-state index contributed by atoms with van der Waals surface area (Å²) in [6.07, 6.45) is -0.869. The minimum absolute atomic E-state index is 0.0318. The average molecular weight is 438 g/mol. The van der Waals surface area contributed by atoms with Gasteiger partial charge in [0.05, 0.1) is 18.7 Å². The fourth-order valence-electron chi connectivity index (χ4n) is 2.95. The van der Waals surface area contributed by atoms with Crippen LogP contribution in [0.5, 0.6) is 5.75 Å². The number of hydrogen-bond acceptors (Lipinski definition) is 4. The highest BCUT2D eigenvalue weighted by molar-refractivity contribution is 5.79. The second kappa shape index (κ2) is 12.2. The average Bonchev–Trinajstić information content (AvgIpc) is 2.73. The van der Waals surface area contributed by atoms with E-state index in [2.05, 4.69) is 20.4 Å². The highest BCUT2D eigenvalue weighted by atomic mass is 19.3. The van der Waals surface area contributed by atoms with Crippen LogP contribution in [0.2, 0.25) is 0 Å². The van der Waals surface area contributed by atoms with Crippen molar-refractivity contribution >= 4 is 5.96 Å².